The van der Waals surface area contributed by atoms with Crippen molar-refractivity contribution in [3.8, 4) is 18.2 Å². The molecule has 5 nitrogen and oxygen atoms in total. The Morgan fingerprint density at radius 3 is 3.15 bits per heavy atom. The van der Waals surface area contributed by atoms with Gasteiger partial charge < -0.3 is 9.84 Å². The Bertz CT molecular complexity index is 357. The lowest BCUT2D eigenvalue weighted by atomic mass is 10.3. The van der Waals surface area contributed by atoms with Crippen molar-refractivity contribution in [3.05, 3.63) is 17.8 Å². The number of nitrogens with zero attached hydrogens (tertiary/aromatic N) is 2. The quantitative estimate of drug-likeness (QED) is 0.668. The van der Waals surface area contributed by atoms with Crippen LogP contribution in [0.3, 0.4) is 0 Å². The number of aromatic carboxylic acids is 1. The number of carboxylic acid groups (broad SMARTS) is 1. The molecule has 66 valence electrons. The number of rotatable bonds is 3. The lowest BCUT2D eigenvalue weighted by molar-refractivity contribution is 0.0695. The molecule has 0 aromatic carbocycles. The van der Waals surface area contributed by atoms with Crippen LogP contribution in [0.1, 0.15) is 10.4 Å². The number of terminal acetylenes is 1. The summed E-state index contributed by atoms with van der Waals surface area (Å²) in [5.41, 5.74) is 0.0158. The van der Waals surface area contributed by atoms with Crippen LogP contribution in [0.2, 0.25) is 0 Å². The summed E-state index contributed by atoms with van der Waals surface area (Å²) in [5.74, 6) is 1.25. The van der Waals surface area contributed by atoms with Crippen molar-refractivity contribution in [2.45, 2.75) is 0 Å². The highest BCUT2D eigenvalue weighted by molar-refractivity contribution is 5.87. The van der Waals surface area contributed by atoms with E-state index in [4.69, 9.17) is 16.3 Å². The minimum atomic E-state index is -1.08. The van der Waals surface area contributed by atoms with E-state index in [0.29, 0.717) is 0 Å². The summed E-state index contributed by atoms with van der Waals surface area (Å²) in [6, 6.07) is 1.26. The molecule has 0 aliphatic heterocycles. The van der Waals surface area contributed by atoms with Crippen molar-refractivity contribution in [1.82, 2.24) is 10.2 Å². The largest absolute Gasteiger partial charge is 0.478 e. The Morgan fingerprint density at radius 1 is 1.77 bits per heavy atom. The number of carbonyl (C=O) groups is 1. The van der Waals surface area contributed by atoms with Gasteiger partial charge in [-0.2, -0.15) is 5.10 Å². The maximum Gasteiger partial charge on any atom is 0.337 e. The molecule has 0 bridgehead atoms. The average Bonchev–Trinajstić information content (AvgIpc) is 2.15. The summed E-state index contributed by atoms with van der Waals surface area (Å²) in [7, 11) is 0. The van der Waals surface area contributed by atoms with E-state index in [1.165, 1.54) is 6.07 Å². The normalized spacial score (nSPS) is 8.85. The maximum absolute atomic E-state index is 10.5. The molecule has 0 spiro atoms. The fraction of sp³-hybridized carbons (Fsp3) is 0.125. The lowest BCUT2D eigenvalue weighted by Crippen LogP contribution is -2.02. The zero-order valence-corrected chi connectivity index (χ0v) is 6.60. The molecule has 0 amide bonds. The van der Waals surface area contributed by atoms with E-state index in [-0.39, 0.29) is 18.1 Å². The lowest BCUT2D eigenvalue weighted by Gasteiger charge is -1.99. The third-order valence-electron chi connectivity index (χ3n) is 1.18. The van der Waals surface area contributed by atoms with Crippen molar-refractivity contribution < 1.29 is 14.6 Å². The van der Waals surface area contributed by atoms with Crippen LogP contribution in [0.25, 0.3) is 0 Å². The second-order valence-electron chi connectivity index (χ2n) is 2.08. The predicted octanol–water partition coefficient (Wildman–Crippen LogP) is 0.187. The molecule has 0 fully saturated rings. The van der Waals surface area contributed by atoms with Crippen LogP contribution in [0.15, 0.2) is 12.3 Å². The van der Waals surface area contributed by atoms with Gasteiger partial charge in [-0.05, 0) is 0 Å². The number of carboxylic acids is 1. The summed E-state index contributed by atoms with van der Waals surface area (Å²) < 4.78 is 4.87. The van der Waals surface area contributed by atoms with E-state index in [0.717, 1.165) is 6.20 Å². The minimum Gasteiger partial charge on any atom is -0.478 e. The fourth-order valence-corrected chi connectivity index (χ4v) is 0.650. The average molecular weight is 178 g/mol. The van der Waals surface area contributed by atoms with Gasteiger partial charge in [0.2, 0.25) is 5.88 Å². The van der Waals surface area contributed by atoms with Crippen LogP contribution in [-0.4, -0.2) is 27.9 Å². The molecule has 5 heteroatoms. The van der Waals surface area contributed by atoms with E-state index in [9.17, 15) is 4.79 Å². The predicted molar refractivity (Wildman–Crippen MR) is 43.3 cm³/mol. The topological polar surface area (TPSA) is 72.3 Å². The molecule has 1 aromatic heterocycles. The summed E-state index contributed by atoms with van der Waals surface area (Å²) in [6.07, 6.45) is 6.06. The molecular formula is C8H6N2O3. The summed E-state index contributed by atoms with van der Waals surface area (Å²) >= 11 is 0. The fourth-order valence-electron chi connectivity index (χ4n) is 0.650. The zero-order chi connectivity index (χ0) is 9.68. The Morgan fingerprint density at radius 2 is 2.54 bits per heavy atom. The molecule has 13 heavy (non-hydrogen) atoms. The molecule has 0 aliphatic carbocycles. The first-order valence-electron chi connectivity index (χ1n) is 3.36. The Hall–Kier alpha value is -2.09. The van der Waals surface area contributed by atoms with Gasteiger partial charge >= 0.3 is 5.97 Å². The molecule has 0 saturated carbocycles. The van der Waals surface area contributed by atoms with Crippen molar-refractivity contribution in [3.63, 3.8) is 0 Å². The van der Waals surface area contributed by atoms with Crippen LogP contribution in [-0.2, 0) is 0 Å². The summed E-state index contributed by atoms with van der Waals surface area (Å²) in [4.78, 5) is 10.5. The monoisotopic (exact) mass is 178 g/mol. The Labute approximate surface area is 74.4 Å². The van der Waals surface area contributed by atoms with Gasteiger partial charge in [0, 0.05) is 6.07 Å². The van der Waals surface area contributed by atoms with E-state index in [1.54, 1.807) is 0 Å². The van der Waals surface area contributed by atoms with E-state index < -0.39 is 5.97 Å². The van der Waals surface area contributed by atoms with Gasteiger partial charge in [0.25, 0.3) is 0 Å². The molecule has 1 heterocycles. The van der Waals surface area contributed by atoms with Gasteiger partial charge in [-0.1, -0.05) is 5.92 Å². The first kappa shape index (κ1) is 9.00. The van der Waals surface area contributed by atoms with Crippen LogP contribution in [0.4, 0.5) is 0 Å². The molecule has 1 rings (SSSR count). The molecule has 1 N–H and O–H groups in total. The van der Waals surface area contributed by atoms with E-state index >= 15 is 0 Å². The van der Waals surface area contributed by atoms with Gasteiger partial charge in [-0.15, -0.1) is 11.5 Å². The van der Waals surface area contributed by atoms with Crippen molar-refractivity contribution in [2.75, 3.05) is 6.61 Å². The maximum atomic E-state index is 10.5. The Kier molecular flexibility index (Phi) is 2.82. The highest BCUT2D eigenvalue weighted by Gasteiger charge is 2.05. The van der Waals surface area contributed by atoms with Crippen LogP contribution < -0.4 is 4.74 Å². The second-order valence-corrected chi connectivity index (χ2v) is 2.08. The smallest absolute Gasteiger partial charge is 0.337 e. The third kappa shape index (κ3) is 2.45. The molecule has 0 radical (unpaired) electrons. The van der Waals surface area contributed by atoms with Gasteiger partial charge in [0.05, 0.1) is 11.8 Å². The van der Waals surface area contributed by atoms with Gasteiger partial charge in [0.1, 0.15) is 0 Å². The van der Waals surface area contributed by atoms with Crippen LogP contribution in [0, 0.1) is 12.3 Å². The van der Waals surface area contributed by atoms with Crippen molar-refractivity contribution in [2.24, 2.45) is 0 Å². The van der Waals surface area contributed by atoms with Crippen LogP contribution in [0.5, 0.6) is 5.88 Å². The summed E-state index contributed by atoms with van der Waals surface area (Å²) in [6.45, 7) is 0.0394. The molecule has 1 aromatic rings. The molecule has 0 unspecified atom stereocenters. The minimum absolute atomic E-state index is 0.0158. The Balaban J connectivity index is 2.80. The van der Waals surface area contributed by atoms with Crippen molar-refractivity contribution >= 4 is 5.97 Å². The first-order chi connectivity index (χ1) is 6.24. The second kappa shape index (κ2) is 4.07. The molecular weight excluding hydrogens is 172 g/mol. The molecule has 0 aliphatic rings. The van der Waals surface area contributed by atoms with Gasteiger partial charge in [-0.25, -0.2) is 4.79 Å². The zero-order valence-electron chi connectivity index (χ0n) is 6.60. The van der Waals surface area contributed by atoms with Crippen LogP contribution >= 0.6 is 0 Å². The van der Waals surface area contributed by atoms with E-state index in [1.807, 2.05) is 0 Å². The summed E-state index contributed by atoms with van der Waals surface area (Å²) in [5, 5.41) is 15.5. The highest BCUT2D eigenvalue weighted by Crippen LogP contribution is 2.06. The third-order valence-corrected chi connectivity index (χ3v) is 1.18. The number of hydrogen-bond donors (Lipinski definition) is 1. The van der Waals surface area contributed by atoms with E-state index in [2.05, 4.69) is 16.1 Å². The first-order valence-corrected chi connectivity index (χ1v) is 3.36. The number of ether oxygens (including phenoxy) is 1. The highest BCUT2D eigenvalue weighted by atomic mass is 16.5. The molecule has 0 saturated heterocycles. The SMILES string of the molecule is C#CCOc1cc(C(=O)O)cnn1. The molecule has 0 atom stereocenters. The van der Waals surface area contributed by atoms with Gasteiger partial charge in [-0.3, -0.25) is 0 Å². The van der Waals surface area contributed by atoms with Crippen molar-refractivity contribution in [1.29, 1.82) is 0 Å². The number of aromatic nitrogens is 2. The van der Waals surface area contributed by atoms with Gasteiger partial charge in [0.15, 0.2) is 6.61 Å². The standard InChI is InChI=1S/C8H6N2O3/c1-2-3-13-7-4-6(8(11)12)5-9-10-7/h1,4-5H,3H2,(H,11,12). The number of hydrogen-bond acceptors (Lipinski definition) is 4.